The summed E-state index contributed by atoms with van der Waals surface area (Å²) in [5.41, 5.74) is 0. The highest BCUT2D eigenvalue weighted by atomic mass is 16.3. The van der Waals surface area contributed by atoms with E-state index in [1.165, 1.54) is 0 Å². The van der Waals surface area contributed by atoms with E-state index in [2.05, 4.69) is 0 Å². The molecule has 0 aliphatic heterocycles. The first-order valence-electron chi connectivity index (χ1n) is 3.47. The fraction of sp³-hybridized carbons (Fsp3) is 0.625. The van der Waals surface area contributed by atoms with Gasteiger partial charge < -0.3 is 5.11 Å². The Balaban J connectivity index is 3.23. The van der Waals surface area contributed by atoms with Crippen molar-refractivity contribution in [3.05, 3.63) is 12.2 Å². The number of nitrogens with zero attached hydrogens (tertiary/aromatic N) is 1. The number of hydrogen-bond donors (Lipinski definition) is 1. The summed E-state index contributed by atoms with van der Waals surface area (Å²) in [6.07, 6.45) is 5.29. The molecule has 0 aromatic heterocycles. The molecule has 0 rings (SSSR count). The Morgan fingerprint density at radius 2 is 2.40 bits per heavy atom. The molecule has 0 saturated carbocycles. The zero-order chi connectivity index (χ0) is 7.82. The lowest BCUT2D eigenvalue weighted by atomic mass is 10.1. The molecule has 0 aliphatic rings. The second-order valence-corrected chi connectivity index (χ2v) is 2.16. The first-order valence-corrected chi connectivity index (χ1v) is 3.47. The largest absolute Gasteiger partial charge is 0.392 e. The van der Waals surface area contributed by atoms with Crippen LogP contribution < -0.4 is 0 Å². The molecule has 0 fully saturated rings. The van der Waals surface area contributed by atoms with Gasteiger partial charge in [0, 0.05) is 0 Å². The molecule has 0 radical (unpaired) electrons. The van der Waals surface area contributed by atoms with Gasteiger partial charge in [-0.2, -0.15) is 5.26 Å². The Morgan fingerprint density at radius 1 is 1.70 bits per heavy atom. The van der Waals surface area contributed by atoms with Crippen LogP contribution in [-0.2, 0) is 0 Å². The van der Waals surface area contributed by atoms with Crippen LogP contribution in [0.5, 0.6) is 0 Å². The van der Waals surface area contributed by atoms with Gasteiger partial charge in [-0.1, -0.05) is 12.2 Å². The van der Waals surface area contributed by atoms with Gasteiger partial charge in [-0.3, -0.25) is 0 Å². The summed E-state index contributed by atoms with van der Waals surface area (Å²) in [6.45, 7) is 1.94. The van der Waals surface area contributed by atoms with Crippen LogP contribution in [0, 0.1) is 11.3 Å². The maximum atomic E-state index is 9.02. The minimum Gasteiger partial charge on any atom is -0.392 e. The monoisotopic (exact) mass is 139 g/mol. The molecule has 1 N–H and O–H groups in total. The van der Waals surface area contributed by atoms with E-state index in [0.717, 1.165) is 6.42 Å². The van der Waals surface area contributed by atoms with E-state index in [4.69, 9.17) is 10.4 Å². The van der Waals surface area contributed by atoms with Crippen LogP contribution in [0.4, 0.5) is 0 Å². The third kappa shape index (κ3) is 5.33. The van der Waals surface area contributed by atoms with Gasteiger partial charge in [-0.05, 0) is 19.8 Å². The predicted molar refractivity (Wildman–Crippen MR) is 40.3 cm³/mol. The second-order valence-electron chi connectivity index (χ2n) is 2.16. The maximum absolute atomic E-state index is 9.02. The summed E-state index contributed by atoms with van der Waals surface area (Å²) in [4.78, 5) is 0. The smallest absolute Gasteiger partial charge is 0.0673 e. The fourth-order valence-electron chi connectivity index (χ4n) is 0.663. The van der Waals surface area contributed by atoms with Gasteiger partial charge in [0.2, 0.25) is 0 Å². The maximum Gasteiger partial charge on any atom is 0.0673 e. The fourth-order valence-corrected chi connectivity index (χ4v) is 0.663. The molecule has 2 nitrogen and oxygen atoms in total. The van der Waals surface area contributed by atoms with Crippen molar-refractivity contribution in [1.82, 2.24) is 0 Å². The molecule has 1 unspecified atom stereocenters. The Kier molecular flexibility index (Phi) is 5.80. The molecule has 1 atom stereocenters. The van der Waals surface area contributed by atoms with Crippen molar-refractivity contribution in [2.75, 3.05) is 0 Å². The topological polar surface area (TPSA) is 44.0 Å². The number of aliphatic hydroxyl groups is 1. The minimum atomic E-state index is -0.443. The molecule has 0 spiro atoms. The average molecular weight is 139 g/mol. The number of aliphatic hydroxyl groups excluding tert-OH is 1. The van der Waals surface area contributed by atoms with Gasteiger partial charge in [-0.15, -0.1) is 0 Å². The van der Waals surface area contributed by atoms with Gasteiger partial charge in [0.05, 0.1) is 18.6 Å². The van der Waals surface area contributed by atoms with Gasteiger partial charge in [-0.25, -0.2) is 0 Å². The lowest BCUT2D eigenvalue weighted by molar-refractivity contribution is 0.171. The highest BCUT2D eigenvalue weighted by Crippen LogP contribution is 2.00. The van der Waals surface area contributed by atoms with E-state index in [1.807, 2.05) is 25.1 Å². The van der Waals surface area contributed by atoms with Gasteiger partial charge >= 0.3 is 0 Å². The van der Waals surface area contributed by atoms with Crippen molar-refractivity contribution in [3.8, 4) is 6.07 Å². The van der Waals surface area contributed by atoms with E-state index in [1.54, 1.807) is 0 Å². The number of rotatable bonds is 4. The van der Waals surface area contributed by atoms with Crippen LogP contribution in [-0.4, -0.2) is 11.2 Å². The highest BCUT2D eigenvalue weighted by molar-refractivity contribution is 4.81. The summed E-state index contributed by atoms with van der Waals surface area (Å²) in [6, 6.07) is 1.92. The van der Waals surface area contributed by atoms with Crippen LogP contribution in [0.15, 0.2) is 12.2 Å². The van der Waals surface area contributed by atoms with Crippen LogP contribution in [0.2, 0.25) is 0 Å². The lowest BCUT2D eigenvalue weighted by Crippen LogP contribution is -2.03. The zero-order valence-corrected chi connectivity index (χ0v) is 6.25. The summed E-state index contributed by atoms with van der Waals surface area (Å²) < 4.78 is 0. The zero-order valence-electron chi connectivity index (χ0n) is 6.25. The quantitative estimate of drug-likeness (QED) is 0.601. The molecule has 2 heteroatoms. The molecule has 56 valence electrons. The third-order valence-corrected chi connectivity index (χ3v) is 1.23. The molecular weight excluding hydrogens is 126 g/mol. The predicted octanol–water partition coefficient (Wildman–Crippen LogP) is 1.62. The minimum absolute atomic E-state index is 0.248. The van der Waals surface area contributed by atoms with Crippen LogP contribution in [0.25, 0.3) is 0 Å². The lowest BCUT2D eigenvalue weighted by Gasteiger charge is -2.01. The SMILES string of the molecule is CC=CCCC(O)CC#N. The van der Waals surface area contributed by atoms with E-state index in [9.17, 15) is 0 Å². The molecule has 0 bridgehead atoms. The van der Waals surface area contributed by atoms with E-state index in [-0.39, 0.29) is 6.42 Å². The molecule has 0 saturated heterocycles. The first kappa shape index (κ1) is 9.19. The van der Waals surface area contributed by atoms with Crippen LogP contribution >= 0.6 is 0 Å². The normalized spacial score (nSPS) is 13.3. The van der Waals surface area contributed by atoms with E-state index in [0.29, 0.717) is 6.42 Å². The molecule has 0 aromatic carbocycles. The van der Waals surface area contributed by atoms with Gasteiger partial charge in [0.25, 0.3) is 0 Å². The van der Waals surface area contributed by atoms with E-state index < -0.39 is 6.10 Å². The van der Waals surface area contributed by atoms with Gasteiger partial charge in [0.1, 0.15) is 0 Å². The average Bonchev–Trinajstić information content (AvgIpc) is 1.89. The number of hydrogen-bond acceptors (Lipinski definition) is 2. The van der Waals surface area contributed by atoms with Crippen LogP contribution in [0.3, 0.4) is 0 Å². The van der Waals surface area contributed by atoms with Crippen molar-refractivity contribution in [2.45, 2.75) is 32.3 Å². The Bertz CT molecular complexity index is 135. The Morgan fingerprint density at radius 3 is 2.90 bits per heavy atom. The van der Waals surface area contributed by atoms with Gasteiger partial charge in [0.15, 0.2) is 0 Å². The molecule has 0 aliphatic carbocycles. The Hall–Kier alpha value is -0.810. The summed E-state index contributed by atoms with van der Waals surface area (Å²) in [5.74, 6) is 0. The molecular formula is C8H13NO. The highest BCUT2D eigenvalue weighted by Gasteiger charge is 1.99. The second kappa shape index (κ2) is 6.31. The summed E-state index contributed by atoms with van der Waals surface area (Å²) >= 11 is 0. The third-order valence-electron chi connectivity index (χ3n) is 1.23. The number of allylic oxidation sites excluding steroid dienone is 2. The summed E-state index contributed by atoms with van der Waals surface area (Å²) in [7, 11) is 0. The van der Waals surface area contributed by atoms with Crippen molar-refractivity contribution in [2.24, 2.45) is 0 Å². The standard InChI is InChI=1S/C8H13NO/c1-2-3-4-5-8(10)6-7-9/h2-3,8,10H,4-6H2,1H3. The first-order chi connectivity index (χ1) is 4.81. The molecule has 10 heavy (non-hydrogen) atoms. The van der Waals surface area contributed by atoms with Crippen molar-refractivity contribution in [1.29, 1.82) is 5.26 Å². The van der Waals surface area contributed by atoms with Crippen molar-refractivity contribution >= 4 is 0 Å². The molecule has 0 heterocycles. The van der Waals surface area contributed by atoms with E-state index >= 15 is 0 Å². The van der Waals surface area contributed by atoms with Crippen LogP contribution in [0.1, 0.15) is 26.2 Å². The number of nitriles is 1. The molecule has 0 amide bonds. The van der Waals surface area contributed by atoms with Crippen molar-refractivity contribution < 1.29 is 5.11 Å². The van der Waals surface area contributed by atoms with Crippen molar-refractivity contribution in [3.63, 3.8) is 0 Å². The summed E-state index contributed by atoms with van der Waals surface area (Å²) in [5, 5.41) is 17.2. The Labute approximate surface area is 61.8 Å². The molecule has 0 aromatic rings.